The van der Waals surface area contributed by atoms with Crippen LogP contribution >= 0.6 is 0 Å². The molecule has 0 aliphatic carbocycles. The quantitative estimate of drug-likeness (QED) is 0.276. The van der Waals surface area contributed by atoms with Crippen LogP contribution in [0.25, 0.3) is 27.5 Å². The highest BCUT2D eigenvalue weighted by Gasteiger charge is 2.19. The molecule has 0 saturated carbocycles. The second-order valence-electron chi connectivity index (χ2n) is 8.22. The molecule has 0 saturated heterocycles. The van der Waals surface area contributed by atoms with Crippen molar-refractivity contribution >= 4 is 46.2 Å². The summed E-state index contributed by atoms with van der Waals surface area (Å²) >= 11 is 0. The fraction of sp³-hybridized carbons (Fsp3) is 0. The van der Waals surface area contributed by atoms with Gasteiger partial charge in [-0.15, -0.1) is 0 Å². The largest absolute Gasteiger partial charge is 0.309 e. The van der Waals surface area contributed by atoms with E-state index in [2.05, 4.69) is 138 Å². The van der Waals surface area contributed by atoms with Crippen molar-refractivity contribution in [2.75, 3.05) is 0 Å². The second-order valence-corrected chi connectivity index (χ2v) is 11.1. The van der Waals surface area contributed by atoms with Crippen molar-refractivity contribution in [3.8, 4) is 5.69 Å². The van der Waals surface area contributed by atoms with Crippen LogP contribution in [0.1, 0.15) is 0 Å². The highest BCUT2D eigenvalue weighted by atomic mass is 28.3. The Morgan fingerprint density at radius 1 is 0.375 bits per heavy atom. The van der Waals surface area contributed by atoms with Crippen LogP contribution in [0, 0.1) is 0 Å². The van der Waals surface area contributed by atoms with Crippen molar-refractivity contribution in [2.45, 2.75) is 0 Å². The predicted molar refractivity (Wildman–Crippen MR) is 140 cm³/mol. The lowest BCUT2D eigenvalue weighted by Gasteiger charge is -2.18. The van der Waals surface area contributed by atoms with E-state index in [1.807, 2.05) is 0 Å². The molecular weight excluding hydrogens is 402 g/mol. The first-order chi connectivity index (χ1) is 15.9. The minimum Gasteiger partial charge on any atom is -0.309 e. The Bertz CT molecular complexity index is 1410. The molecule has 0 aliphatic rings. The molecule has 32 heavy (non-hydrogen) atoms. The molecule has 152 valence electrons. The van der Waals surface area contributed by atoms with Gasteiger partial charge in [-0.2, -0.15) is 0 Å². The summed E-state index contributed by atoms with van der Waals surface area (Å²) in [5.74, 6) is 0. The van der Waals surface area contributed by atoms with Crippen molar-refractivity contribution in [3.63, 3.8) is 0 Å². The smallest absolute Gasteiger partial charge is 0.132 e. The Balaban J connectivity index is 1.50. The van der Waals surface area contributed by atoms with Gasteiger partial charge in [0.25, 0.3) is 0 Å². The molecule has 1 nitrogen and oxygen atoms in total. The molecule has 0 fully saturated rings. The number of hydrogen-bond donors (Lipinski definition) is 0. The number of rotatable bonds is 4. The maximum atomic E-state index is 2.38. The van der Waals surface area contributed by atoms with E-state index in [9.17, 15) is 0 Å². The SMILES string of the molecule is c1ccc([SiH](c2ccccc2)c2ccc(-n3c4ccccc4c4ccccc43)cc2)cc1. The maximum absolute atomic E-state index is 2.38. The van der Waals surface area contributed by atoms with E-state index >= 15 is 0 Å². The molecule has 2 heteroatoms. The first-order valence-corrected chi connectivity index (χ1v) is 12.8. The molecule has 0 bridgehead atoms. The van der Waals surface area contributed by atoms with Gasteiger partial charge in [0.1, 0.15) is 8.80 Å². The Kier molecular flexibility index (Phi) is 4.71. The summed E-state index contributed by atoms with van der Waals surface area (Å²) in [6.07, 6.45) is 0. The lowest BCUT2D eigenvalue weighted by Crippen LogP contribution is -2.51. The molecule has 6 aromatic rings. The number of fused-ring (bicyclic) bond motifs is 3. The third-order valence-corrected chi connectivity index (χ3v) is 9.49. The van der Waals surface area contributed by atoms with Gasteiger partial charge in [0, 0.05) is 16.5 Å². The maximum Gasteiger partial charge on any atom is 0.132 e. The lowest BCUT2D eigenvalue weighted by molar-refractivity contribution is 1.18. The van der Waals surface area contributed by atoms with Crippen molar-refractivity contribution in [1.82, 2.24) is 4.57 Å². The van der Waals surface area contributed by atoms with Gasteiger partial charge >= 0.3 is 0 Å². The molecule has 0 unspecified atom stereocenters. The Labute approximate surface area is 189 Å². The molecule has 0 spiro atoms. The van der Waals surface area contributed by atoms with Gasteiger partial charge in [0.15, 0.2) is 0 Å². The molecular formula is C30H23NSi. The molecule has 6 rings (SSSR count). The minimum absolute atomic E-state index is 1.21. The summed E-state index contributed by atoms with van der Waals surface area (Å²) < 4.78 is 2.38. The normalized spacial score (nSPS) is 11.4. The van der Waals surface area contributed by atoms with Gasteiger partial charge in [-0.05, 0) is 24.3 Å². The van der Waals surface area contributed by atoms with Gasteiger partial charge in [0.05, 0.1) is 11.0 Å². The fourth-order valence-electron chi connectivity index (χ4n) is 4.88. The zero-order chi connectivity index (χ0) is 21.3. The van der Waals surface area contributed by atoms with Crippen LogP contribution in [0.4, 0.5) is 0 Å². The van der Waals surface area contributed by atoms with Crippen LogP contribution in [-0.4, -0.2) is 13.4 Å². The van der Waals surface area contributed by atoms with Crippen molar-refractivity contribution in [2.24, 2.45) is 0 Å². The highest BCUT2D eigenvalue weighted by molar-refractivity contribution is 6.95. The first kappa shape index (κ1) is 18.9. The summed E-state index contributed by atoms with van der Waals surface area (Å²) in [6.45, 7) is 0. The van der Waals surface area contributed by atoms with Crippen LogP contribution in [0.15, 0.2) is 133 Å². The topological polar surface area (TPSA) is 4.93 Å². The number of aromatic nitrogens is 1. The molecule has 0 amide bonds. The first-order valence-electron chi connectivity index (χ1n) is 11.1. The van der Waals surface area contributed by atoms with Crippen LogP contribution in [0.3, 0.4) is 0 Å². The fourth-order valence-corrected chi connectivity index (χ4v) is 7.83. The third kappa shape index (κ3) is 3.17. The summed E-state index contributed by atoms with van der Waals surface area (Å²) in [7, 11) is -1.52. The lowest BCUT2D eigenvalue weighted by atomic mass is 10.2. The van der Waals surface area contributed by atoms with Crippen molar-refractivity contribution in [1.29, 1.82) is 0 Å². The molecule has 0 radical (unpaired) electrons. The van der Waals surface area contributed by atoms with Gasteiger partial charge < -0.3 is 4.57 Å². The van der Waals surface area contributed by atoms with Crippen molar-refractivity contribution < 1.29 is 0 Å². The highest BCUT2D eigenvalue weighted by Crippen LogP contribution is 2.31. The molecule has 1 aromatic heterocycles. The van der Waals surface area contributed by atoms with Gasteiger partial charge in [0.2, 0.25) is 0 Å². The van der Waals surface area contributed by atoms with Crippen LogP contribution < -0.4 is 15.6 Å². The van der Waals surface area contributed by atoms with E-state index in [1.54, 1.807) is 0 Å². The number of benzene rings is 5. The van der Waals surface area contributed by atoms with E-state index in [4.69, 9.17) is 0 Å². The number of hydrogen-bond acceptors (Lipinski definition) is 0. The predicted octanol–water partition coefficient (Wildman–Crippen LogP) is 5.03. The zero-order valence-electron chi connectivity index (χ0n) is 17.7. The minimum atomic E-state index is -1.52. The van der Waals surface area contributed by atoms with Crippen LogP contribution in [0.2, 0.25) is 0 Å². The Morgan fingerprint density at radius 3 is 1.28 bits per heavy atom. The monoisotopic (exact) mass is 425 g/mol. The van der Waals surface area contributed by atoms with Crippen LogP contribution in [0.5, 0.6) is 0 Å². The number of nitrogens with zero attached hydrogens (tertiary/aromatic N) is 1. The second kappa shape index (κ2) is 7.99. The number of para-hydroxylation sites is 2. The molecule has 5 aromatic carbocycles. The Morgan fingerprint density at radius 2 is 0.781 bits per heavy atom. The summed E-state index contributed by atoms with van der Waals surface area (Å²) in [5.41, 5.74) is 3.71. The molecule has 0 aliphatic heterocycles. The summed E-state index contributed by atoms with van der Waals surface area (Å²) in [5, 5.41) is 6.93. The average molecular weight is 426 g/mol. The van der Waals surface area contributed by atoms with Gasteiger partial charge in [-0.25, -0.2) is 0 Å². The van der Waals surface area contributed by atoms with E-state index in [1.165, 1.54) is 43.1 Å². The standard InChI is InChI=1S/C30H23NSi/c1-3-11-24(12-4-1)32(25-13-5-2-6-14-25)26-21-19-23(20-22-26)31-29-17-9-7-15-27(29)28-16-8-10-18-30(28)31/h1-22,32H. The van der Waals surface area contributed by atoms with E-state index in [0.29, 0.717) is 0 Å². The van der Waals surface area contributed by atoms with Crippen molar-refractivity contribution in [3.05, 3.63) is 133 Å². The van der Waals surface area contributed by atoms with Gasteiger partial charge in [-0.3, -0.25) is 0 Å². The molecule has 0 atom stereocenters. The van der Waals surface area contributed by atoms with E-state index in [-0.39, 0.29) is 0 Å². The van der Waals surface area contributed by atoms with Crippen LogP contribution in [-0.2, 0) is 0 Å². The third-order valence-electron chi connectivity index (χ3n) is 6.33. The summed E-state index contributed by atoms with van der Waals surface area (Å²) in [4.78, 5) is 0. The Hall–Kier alpha value is -3.88. The molecule has 1 heterocycles. The van der Waals surface area contributed by atoms with E-state index < -0.39 is 8.80 Å². The van der Waals surface area contributed by atoms with Gasteiger partial charge in [-0.1, -0.05) is 125 Å². The zero-order valence-corrected chi connectivity index (χ0v) is 18.9. The average Bonchev–Trinajstić information content (AvgIpc) is 3.21. The summed E-state index contributed by atoms with van der Waals surface area (Å²) in [6, 6.07) is 48.6. The molecule has 0 N–H and O–H groups in total. The van der Waals surface area contributed by atoms with E-state index in [0.717, 1.165) is 0 Å².